The van der Waals surface area contributed by atoms with Crippen molar-refractivity contribution in [2.24, 2.45) is 17.5 Å². The van der Waals surface area contributed by atoms with Crippen LogP contribution >= 0.6 is 0 Å². The maximum absolute atomic E-state index is 6.62. The fourth-order valence-electron chi connectivity index (χ4n) is 4.93. The third kappa shape index (κ3) is 8.94. The number of pyridine rings is 1. The number of aryl methyl sites for hydroxylation is 1. The Balaban J connectivity index is 1.75. The number of hydrazine groups is 1. The molecule has 1 aromatic carbocycles. The van der Waals surface area contributed by atoms with E-state index in [0.29, 0.717) is 11.5 Å². The van der Waals surface area contributed by atoms with Crippen LogP contribution < -0.4 is 16.9 Å². The van der Waals surface area contributed by atoms with Gasteiger partial charge in [0.15, 0.2) is 0 Å². The van der Waals surface area contributed by atoms with E-state index in [4.69, 9.17) is 16.6 Å². The summed E-state index contributed by atoms with van der Waals surface area (Å²) in [5, 5.41) is 4.96. The second-order valence-corrected chi connectivity index (χ2v) is 10.2. The second kappa shape index (κ2) is 14.4. The van der Waals surface area contributed by atoms with Gasteiger partial charge >= 0.3 is 0 Å². The van der Waals surface area contributed by atoms with E-state index in [-0.39, 0.29) is 0 Å². The zero-order valence-electron chi connectivity index (χ0n) is 23.1. The molecule has 1 aliphatic carbocycles. The summed E-state index contributed by atoms with van der Waals surface area (Å²) in [6.07, 6.45) is 18.1. The molecule has 3 rings (SSSR count). The highest BCUT2D eigenvalue weighted by molar-refractivity contribution is 5.63. The minimum absolute atomic E-state index is 0.531. The Kier molecular flexibility index (Phi) is 11.0. The minimum atomic E-state index is 0.531. The molecular weight excluding hydrogens is 454 g/mol. The van der Waals surface area contributed by atoms with Crippen LogP contribution in [-0.4, -0.2) is 17.0 Å². The maximum atomic E-state index is 6.62. The Morgan fingerprint density at radius 2 is 1.84 bits per heavy atom. The highest BCUT2D eigenvalue weighted by Crippen LogP contribution is 2.28. The first-order valence-electron chi connectivity index (χ1n) is 13.7. The predicted octanol–water partition coefficient (Wildman–Crippen LogP) is 6.53. The Morgan fingerprint density at radius 1 is 1.11 bits per heavy atom. The van der Waals surface area contributed by atoms with Crippen LogP contribution in [0.1, 0.15) is 74.9 Å². The van der Waals surface area contributed by atoms with Gasteiger partial charge in [-0.3, -0.25) is 9.99 Å². The monoisotopic (exact) mass is 499 g/mol. The zero-order valence-corrected chi connectivity index (χ0v) is 23.1. The van der Waals surface area contributed by atoms with E-state index in [9.17, 15) is 0 Å². The molecule has 1 saturated carbocycles. The van der Waals surface area contributed by atoms with Gasteiger partial charge in [-0.2, -0.15) is 0 Å². The van der Waals surface area contributed by atoms with Crippen molar-refractivity contribution in [2.45, 2.75) is 72.1 Å². The molecule has 0 saturated heterocycles. The van der Waals surface area contributed by atoms with Gasteiger partial charge in [0, 0.05) is 18.4 Å². The zero-order chi connectivity index (χ0) is 26.6. The molecule has 2 aromatic rings. The molecule has 1 fully saturated rings. The molecule has 0 atom stereocenters. The van der Waals surface area contributed by atoms with Gasteiger partial charge in [0.05, 0.1) is 5.69 Å². The molecule has 1 aromatic heterocycles. The predicted molar refractivity (Wildman–Crippen MR) is 157 cm³/mol. The van der Waals surface area contributed by atoms with Crippen LogP contribution in [-0.2, 0) is 12.8 Å². The maximum Gasteiger partial charge on any atom is 0.146 e. The molecule has 1 heterocycles. The van der Waals surface area contributed by atoms with Gasteiger partial charge in [-0.15, -0.1) is 0 Å². The van der Waals surface area contributed by atoms with E-state index in [2.05, 4.69) is 80.7 Å². The van der Waals surface area contributed by atoms with Crippen LogP contribution in [0.5, 0.6) is 0 Å². The van der Waals surface area contributed by atoms with Crippen molar-refractivity contribution in [3.05, 3.63) is 106 Å². The lowest BCUT2D eigenvalue weighted by Crippen LogP contribution is -2.35. The van der Waals surface area contributed by atoms with Crippen LogP contribution in [0.4, 0.5) is 0 Å². The SMILES string of the molecule is CC\C=C(/C=C\C=C(/C)Cc1ccccc1)N/C(=C(/N)c1ccc(CC2CCCCC2)c(C)n1)N(C)N. The Morgan fingerprint density at radius 3 is 2.49 bits per heavy atom. The van der Waals surface area contributed by atoms with Crippen LogP contribution in [0.15, 0.2) is 83.9 Å². The summed E-state index contributed by atoms with van der Waals surface area (Å²) in [4.78, 5) is 4.87. The summed E-state index contributed by atoms with van der Waals surface area (Å²) < 4.78 is 0. The Bertz CT molecular complexity index is 1120. The molecule has 5 heteroatoms. The lowest BCUT2D eigenvalue weighted by molar-refractivity contribution is 0.356. The smallest absolute Gasteiger partial charge is 0.146 e. The van der Waals surface area contributed by atoms with Gasteiger partial charge < -0.3 is 11.1 Å². The molecule has 0 aliphatic heterocycles. The van der Waals surface area contributed by atoms with Gasteiger partial charge in [0.1, 0.15) is 11.5 Å². The van der Waals surface area contributed by atoms with Crippen molar-refractivity contribution in [3.63, 3.8) is 0 Å². The molecule has 0 bridgehead atoms. The molecule has 5 N–H and O–H groups in total. The van der Waals surface area contributed by atoms with E-state index in [0.717, 1.165) is 42.3 Å². The second-order valence-electron chi connectivity index (χ2n) is 10.2. The summed E-state index contributed by atoms with van der Waals surface area (Å²) in [6, 6.07) is 14.7. The Labute approximate surface area is 224 Å². The van der Waals surface area contributed by atoms with Crippen LogP contribution in [0.2, 0.25) is 0 Å². The summed E-state index contributed by atoms with van der Waals surface area (Å²) in [7, 11) is 1.79. The number of aromatic nitrogens is 1. The minimum Gasteiger partial charge on any atom is -0.394 e. The molecule has 5 nitrogen and oxygen atoms in total. The summed E-state index contributed by atoms with van der Waals surface area (Å²) >= 11 is 0. The third-order valence-electron chi connectivity index (χ3n) is 6.98. The number of benzene rings is 1. The highest BCUT2D eigenvalue weighted by atomic mass is 15.4. The van der Waals surface area contributed by atoms with Gasteiger partial charge in [0.25, 0.3) is 0 Å². The third-order valence-corrected chi connectivity index (χ3v) is 6.98. The quantitative estimate of drug-likeness (QED) is 0.186. The number of nitrogens with two attached hydrogens (primary N) is 2. The summed E-state index contributed by atoms with van der Waals surface area (Å²) in [5.74, 6) is 7.62. The van der Waals surface area contributed by atoms with E-state index < -0.39 is 0 Å². The molecule has 37 heavy (non-hydrogen) atoms. The van der Waals surface area contributed by atoms with Crippen LogP contribution in [0.25, 0.3) is 5.70 Å². The molecule has 198 valence electrons. The molecule has 0 radical (unpaired) electrons. The summed E-state index contributed by atoms with van der Waals surface area (Å²) in [5.41, 5.74) is 13.8. The van der Waals surface area contributed by atoms with Crippen molar-refractivity contribution >= 4 is 5.70 Å². The van der Waals surface area contributed by atoms with Gasteiger partial charge in [-0.05, 0) is 62.3 Å². The number of allylic oxidation sites excluding steroid dienone is 5. The van der Waals surface area contributed by atoms with Crippen LogP contribution in [0.3, 0.4) is 0 Å². The molecule has 0 amide bonds. The topological polar surface area (TPSA) is 80.2 Å². The van der Waals surface area contributed by atoms with Crippen molar-refractivity contribution in [3.8, 4) is 0 Å². The normalized spacial score (nSPS) is 16.1. The molecule has 0 unspecified atom stereocenters. The highest BCUT2D eigenvalue weighted by Gasteiger charge is 2.17. The summed E-state index contributed by atoms with van der Waals surface area (Å²) in [6.45, 7) is 6.35. The fourth-order valence-corrected chi connectivity index (χ4v) is 4.93. The average molecular weight is 500 g/mol. The fraction of sp³-hybridized carbons (Fsp3) is 0.406. The van der Waals surface area contributed by atoms with Crippen molar-refractivity contribution in [2.75, 3.05) is 7.05 Å². The van der Waals surface area contributed by atoms with E-state index in [1.807, 2.05) is 12.1 Å². The largest absolute Gasteiger partial charge is 0.394 e. The number of nitrogens with one attached hydrogen (secondary N) is 1. The van der Waals surface area contributed by atoms with E-state index in [1.165, 1.54) is 53.8 Å². The van der Waals surface area contributed by atoms with E-state index >= 15 is 0 Å². The molecular formula is C32H45N5. The lowest BCUT2D eigenvalue weighted by Gasteiger charge is -2.23. The number of rotatable bonds is 11. The number of hydrogen-bond acceptors (Lipinski definition) is 5. The number of hydrogen-bond donors (Lipinski definition) is 3. The first kappa shape index (κ1) is 28.3. The van der Waals surface area contributed by atoms with Crippen molar-refractivity contribution < 1.29 is 0 Å². The number of nitrogens with zero attached hydrogens (tertiary/aromatic N) is 2. The van der Waals surface area contributed by atoms with Gasteiger partial charge in [-0.1, -0.05) is 99.2 Å². The van der Waals surface area contributed by atoms with Gasteiger partial charge in [-0.25, -0.2) is 5.84 Å². The first-order chi connectivity index (χ1) is 17.9. The van der Waals surface area contributed by atoms with E-state index in [1.54, 1.807) is 7.05 Å². The van der Waals surface area contributed by atoms with Gasteiger partial charge in [0.2, 0.25) is 0 Å². The van der Waals surface area contributed by atoms with Crippen molar-refractivity contribution in [1.82, 2.24) is 15.3 Å². The molecule has 0 spiro atoms. The van der Waals surface area contributed by atoms with Crippen molar-refractivity contribution in [1.29, 1.82) is 0 Å². The van der Waals surface area contributed by atoms with Crippen LogP contribution in [0, 0.1) is 12.8 Å². The first-order valence-corrected chi connectivity index (χ1v) is 13.7. The average Bonchev–Trinajstić information content (AvgIpc) is 2.89. The Hall–Kier alpha value is -3.31. The standard InChI is InChI=1S/C32H45N5/c1-5-13-29(19-12-14-24(2)22-26-15-8-6-9-16-26)36-32(37(4)34)31(33)30-21-20-28(25(3)35-30)23-27-17-10-7-11-18-27/h6,8-9,12-16,19-21,27,36H,5,7,10-11,17-18,22-23,33-34H2,1-4H3/b19-12-,24-14+,29-13+,32-31-. The lowest BCUT2D eigenvalue weighted by atomic mass is 9.84. The molecule has 1 aliphatic rings.